The summed E-state index contributed by atoms with van der Waals surface area (Å²) < 4.78 is 2.08. The predicted octanol–water partition coefficient (Wildman–Crippen LogP) is 3.64. The highest BCUT2D eigenvalue weighted by Gasteiger charge is 2.22. The molecular weight excluding hydrogens is 414 g/mol. The second-order valence-corrected chi connectivity index (χ2v) is 8.89. The first-order valence-electron chi connectivity index (χ1n) is 11.9. The molecule has 1 saturated heterocycles. The predicted molar refractivity (Wildman–Crippen MR) is 133 cm³/mol. The van der Waals surface area contributed by atoms with Crippen LogP contribution < -0.4 is 10.6 Å². The van der Waals surface area contributed by atoms with Crippen LogP contribution >= 0.6 is 0 Å². The summed E-state index contributed by atoms with van der Waals surface area (Å²) in [4.78, 5) is 26.3. The SMILES string of the molecule is CCC(CC)n1c(C(=O)N(C)C)cc2cnc(Nc3ccc(CN4CCNCC4)cc3)nc21. The molecule has 0 aliphatic carbocycles. The van der Waals surface area contributed by atoms with Gasteiger partial charge in [0.15, 0.2) is 0 Å². The molecule has 1 fully saturated rings. The number of nitrogens with one attached hydrogen (secondary N) is 2. The molecule has 0 atom stereocenters. The van der Waals surface area contributed by atoms with Crippen LogP contribution in [0.5, 0.6) is 0 Å². The molecule has 1 aliphatic rings. The maximum Gasteiger partial charge on any atom is 0.270 e. The fraction of sp³-hybridized carbons (Fsp3) is 0.480. The van der Waals surface area contributed by atoms with Crippen LogP contribution in [-0.2, 0) is 6.54 Å². The molecule has 8 heteroatoms. The Morgan fingerprint density at radius 1 is 1.15 bits per heavy atom. The van der Waals surface area contributed by atoms with Crippen LogP contribution in [0.1, 0.15) is 48.8 Å². The van der Waals surface area contributed by atoms with E-state index >= 15 is 0 Å². The Balaban J connectivity index is 1.58. The number of fused-ring (bicyclic) bond motifs is 1. The maximum absolute atomic E-state index is 12.9. The van der Waals surface area contributed by atoms with Crippen LogP contribution in [0.15, 0.2) is 36.5 Å². The molecule has 1 aliphatic heterocycles. The van der Waals surface area contributed by atoms with Gasteiger partial charge in [0.2, 0.25) is 5.95 Å². The van der Waals surface area contributed by atoms with Gasteiger partial charge in [-0.3, -0.25) is 9.69 Å². The van der Waals surface area contributed by atoms with Crippen molar-refractivity contribution in [3.63, 3.8) is 0 Å². The van der Waals surface area contributed by atoms with Crippen molar-refractivity contribution in [2.45, 2.75) is 39.3 Å². The summed E-state index contributed by atoms with van der Waals surface area (Å²) in [6.45, 7) is 9.54. The van der Waals surface area contributed by atoms with Crippen molar-refractivity contribution < 1.29 is 4.79 Å². The summed E-state index contributed by atoms with van der Waals surface area (Å²) in [5.74, 6) is 0.515. The minimum atomic E-state index is -0.0190. The lowest BCUT2D eigenvalue weighted by molar-refractivity contribution is 0.0815. The van der Waals surface area contributed by atoms with E-state index in [2.05, 4.69) is 63.2 Å². The number of anilines is 2. The topological polar surface area (TPSA) is 78.3 Å². The van der Waals surface area contributed by atoms with Crippen LogP contribution in [0, 0.1) is 0 Å². The van der Waals surface area contributed by atoms with Gasteiger partial charge in [-0.2, -0.15) is 4.98 Å². The molecule has 0 spiro atoms. The molecule has 1 amide bonds. The number of amides is 1. The monoisotopic (exact) mass is 449 g/mol. The van der Waals surface area contributed by atoms with Crippen molar-refractivity contribution >= 4 is 28.6 Å². The maximum atomic E-state index is 12.9. The van der Waals surface area contributed by atoms with Crippen molar-refractivity contribution in [2.75, 3.05) is 45.6 Å². The Bertz CT molecular complexity index is 1080. The van der Waals surface area contributed by atoms with Crippen LogP contribution in [0.4, 0.5) is 11.6 Å². The van der Waals surface area contributed by atoms with Gasteiger partial charge in [-0.25, -0.2) is 4.98 Å². The molecule has 3 aromatic rings. The Labute approximate surface area is 196 Å². The van der Waals surface area contributed by atoms with E-state index in [0.29, 0.717) is 11.6 Å². The smallest absolute Gasteiger partial charge is 0.270 e. The van der Waals surface area contributed by atoms with E-state index in [9.17, 15) is 4.79 Å². The molecule has 4 rings (SSSR count). The second-order valence-electron chi connectivity index (χ2n) is 8.89. The standard InChI is InChI=1S/C25H35N7O/c1-5-21(6-2)32-22(24(33)30(3)4)15-19-16-27-25(29-23(19)32)28-20-9-7-18(8-10-20)17-31-13-11-26-12-14-31/h7-10,15-16,21,26H,5-6,11-14,17H2,1-4H3,(H,27,28,29). The van der Waals surface area contributed by atoms with Gasteiger partial charge in [0, 0.05) is 70.1 Å². The first-order valence-corrected chi connectivity index (χ1v) is 11.9. The van der Waals surface area contributed by atoms with Gasteiger partial charge in [-0.1, -0.05) is 26.0 Å². The second kappa shape index (κ2) is 10.3. The summed E-state index contributed by atoms with van der Waals surface area (Å²) in [6, 6.07) is 10.6. The normalized spacial score (nSPS) is 14.7. The molecule has 2 N–H and O–H groups in total. The van der Waals surface area contributed by atoms with Gasteiger partial charge in [-0.05, 0) is 36.6 Å². The molecule has 0 unspecified atom stereocenters. The van der Waals surface area contributed by atoms with Crippen molar-refractivity contribution in [1.29, 1.82) is 0 Å². The summed E-state index contributed by atoms with van der Waals surface area (Å²) in [6.07, 6.45) is 3.65. The third kappa shape index (κ3) is 5.17. The van der Waals surface area contributed by atoms with Crippen molar-refractivity contribution in [3.05, 3.63) is 47.8 Å². The fourth-order valence-corrected chi connectivity index (χ4v) is 4.44. The minimum Gasteiger partial charge on any atom is -0.343 e. The Kier molecular flexibility index (Phi) is 7.25. The van der Waals surface area contributed by atoms with Crippen molar-refractivity contribution in [2.24, 2.45) is 0 Å². The highest BCUT2D eigenvalue weighted by molar-refractivity contribution is 5.97. The van der Waals surface area contributed by atoms with Crippen LogP contribution in [0.2, 0.25) is 0 Å². The Hall–Kier alpha value is -2.97. The third-order valence-corrected chi connectivity index (χ3v) is 6.33. The Morgan fingerprint density at radius 2 is 1.85 bits per heavy atom. The summed E-state index contributed by atoms with van der Waals surface area (Å²) in [7, 11) is 3.56. The number of carbonyl (C=O) groups is 1. The van der Waals surface area contributed by atoms with Crippen molar-refractivity contribution in [1.82, 2.24) is 29.7 Å². The molecule has 33 heavy (non-hydrogen) atoms. The molecular formula is C25H35N7O. The van der Waals surface area contributed by atoms with E-state index in [-0.39, 0.29) is 11.9 Å². The highest BCUT2D eigenvalue weighted by Crippen LogP contribution is 2.28. The molecule has 0 saturated carbocycles. The number of rotatable bonds is 8. The van der Waals surface area contributed by atoms with Crippen LogP contribution in [-0.4, -0.2) is 70.5 Å². The van der Waals surface area contributed by atoms with Gasteiger partial charge >= 0.3 is 0 Å². The van der Waals surface area contributed by atoms with E-state index < -0.39 is 0 Å². The van der Waals surface area contributed by atoms with E-state index in [1.807, 2.05) is 6.07 Å². The molecule has 1 aromatic carbocycles. The number of hydrogen-bond donors (Lipinski definition) is 2. The number of aromatic nitrogens is 3. The van der Waals surface area contributed by atoms with Gasteiger partial charge in [0.1, 0.15) is 11.3 Å². The first-order chi connectivity index (χ1) is 16.0. The highest BCUT2D eigenvalue weighted by atomic mass is 16.2. The number of benzene rings is 1. The largest absolute Gasteiger partial charge is 0.343 e. The van der Waals surface area contributed by atoms with Gasteiger partial charge in [-0.15, -0.1) is 0 Å². The zero-order valence-corrected chi connectivity index (χ0v) is 20.1. The first kappa shape index (κ1) is 23.2. The van der Waals surface area contributed by atoms with Crippen LogP contribution in [0.25, 0.3) is 11.0 Å². The molecule has 2 aromatic heterocycles. The van der Waals surface area contributed by atoms with Crippen molar-refractivity contribution in [3.8, 4) is 0 Å². The minimum absolute atomic E-state index is 0.0190. The van der Waals surface area contributed by atoms with Crippen LogP contribution in [0.3, 0.4) is 0 Å². The average molecular weight is 450 g/mol. The van der Waals surface area contributed by atoms with Gasteiger partial charge in [0.05, 0.1) is 0 Å². The number of carbonyl (C=O) groups excluding carboxylic acids is 1. The molecule has 0 radical (unpaired) electrons. The van der Waals surface area contributed by atoms with Gasteiger partial charge in [0.25, 0.3) is 5.91 Å². The molecule has 176 valence electrons. The van der Waals surface area contributed by atoms with E-state index in [1.165, 1.54) is 5.56 Å². The summed E-state index contributed by atoms with van der Waals surface area (Å²) >= 11 is 0. The molecule has 0 bridgehead atoms. The summed E-state index contributed by atoms with van der Waals surface area (Å²) in [5, 5.41) is 7.61. The van der Waals surface area contributed by atoms with E-state index in [0.717, 1.165) is 62.3 Å². The number of piperazine rings is 1. The number of nitrogens with zero attached hydrogens (tertiary/aromatic N) is 5. The molecule has 8 nitrogen and oxygen atoms in total. The third-order valence-electron chi connectivity index (χ3n) is 6.33. The lowest BCUT2D eigenvalue weighted by atomic mass is 10.1. The van der Waals surface area contributed by atoms with E-state index in [4.69, 9.17) is 4.98 Å². The fourth-order valence-electron chi connectivity index (χ4n) is 4.44. The zero-order valence-electron chi connectivity index (χ0n) is 20.1. The van der Waals surface area contributed by atoms with E-state index in [1.54, 1.807) is 25.2 Å². The lowest BCUT2D eigenvalue weighted by Gasteiger charge is -2.27. The quantitative estimate of drug-likeness (QED) is 0.547. The Morgan fingerprint density at radius 3 is 2.48 bits per heavy atom. The molecule has 3 heterocycles. The summed E-state index contributed by atoms with van der Waals surface area (Å²) in [5.41, 5.74) is 3.70. The number of hydrogen-bond acceptors (Lipinski definition) is 6. The lowest BCUT2D eigenvalue weighted by Crippen LogP contribution is -2.42. The average Bonchev–Trinajstić information content (AvgIpc) is 3.20. The zero-order chi connectivity index (χ0) is 23.4. The van der Waals surface area contributed by atoms with Gasteiger partial charge < -0.3 is 20.1 Å².